The van der Waals surface area contributed by atoms with Crippen molar-refractivity contribution in [1.82, 2.24) is 0 Å². The number of rotatable bonds is 3. The van der Waals surface area contributed by atoms with Gasteiger partial charge in [-0.15, -0.1) is 12.6 Å². The van der Waals surface area contributed by atoms with Crippen LogP contribution in [-0.4, -0.2) is 16.2 Å². The number of thiol groups is 1. The fourth-order valence-corrected chi connectivity index (χ4v) is 1.35. The predicted molar refractivity (Wildman–Crippen MR) is 55.7 cm³/mol. The van der Waals surface area contributed by atoms with Gasteiger partial charge in [0.05, 0.1) is 12.5 Å². The Bertz CT molecular complexity index is 349. The molecule has 0 fully saturated rings. The van der Waals surface area contributed by atoms with Gasteiger partial charge in [0.2, 0.25) is 0 Å². The summed E-state index contributed by atoms with van der Waals surface area (Å²) in [6, 6.07) is 5.07. The average molecular weight is 212 g/mol. The van der Waals surface area contributed by atoms with Crippen LogP contribution in [0.4, 0.5) is 0 Å². The fourth-order valence-electron chi connectivity index (χ4n) is 1.14. The first kappa shape index (κ1) is 11.1. The number of carboxylic acids is 1. The summed E-state index contributed by atoms with van der Waals surface area (Å²) in [5, 5.41) is 17.8. The van der Waals surface area contributed by atoms with Crippen LogP contribution in [0.25, 0.3) is 0 Å². The third kappa shape index (κ3) is 2.27. The summed E-state index contributed by atoms with van der Waals surface area (Å²) in [7, 11) is 0. The standard InChI is InChI=1S/C10H12O3S/c1-6(10(12)13)7-2-3-9(14)8(4-7)5-11/h2-4,6,11,14H,5H2,1H3,(H,12,13). The summed E-state index contributed by atoms with van der Waals surface area (Å²) in [4.78, 5) is 11.4. The van der Waals surface area contributed by atoms with Crippen molar-refractivity contribution in [2.24, 2.45) is 0 Å². The molecule has 1 aromatic carbocycles. The molecule has 1 unspecified atom stereocenters. The first-order valence-electron chi connectivity index (χ1n) is 4.21. The second-order valence-corrected chi connectivity index (χ2v) is 3.59. The molecular weight excluding hydrogens is 200 g/mol. The van der Waals surface area contributed by atoms with E-state index in [-0.39, 0.29) is 6.61 Å². The summed E-state index contributed by atoms with van der Waals surface area (Å²) < 4.78 is 0. The van der Waals surface area contributed by atoms with Crippen molar-refractivity contribution in [3.8, 4) is 0 Å². The molecule has 0 spiro atoms. The van der Waals surface area contributed by atoms with Crippen LogP contribution >= 0.6 is 12.6 Å². The topological polar surface area (TPSA) is 57.5 Å². The van der Waals surface area contributed by atoms with E-state index >= 15 is 0 Å². The van der Waals surface area contributed by atoms with Crippen molar-refractivity contribution in [1.29, 1.82) is 0 Å². The first-order chi connectivity index (χ1) is 6.56. The molecule has 4 heteroatoms. The highest BCUT2D eigenvalue weighted by atomic mass is 32.1. The number of aliphatic hydroxyl groups excluding tert-OH is 1. The predicted octanol–water partition coefficient (Wildman–Crippen LogP) is 1.66. The maximum Gasteiger partial charge on any atom is 0.310 e. The van der Waals surface area contributed by atoms with E-state index < -0.39 is 11.9 Å². The lowest BCUT2D eigenvalue weighted by Gasteiger charge is -2.09. The van der Waals surface area contributed by atoms with Crippen molar-refractivity contribution in [2.75, 3.05) is 0 Å². The minimum Gasteiger partial charge on any atom is -0.481 e. The molecule has 1 aromatic rings. The SMILES string of the molecule is CC(C(=O)O)c1ccc(S)c(CO)c1. The monoisotopic (exact) mass is 212 g/mol. The molecule has 0 heterocycles. The second-order valence-electron chi connectivity index (χ2n) is 3.11. The molecule has 1 atom stereocenters. The van der Waals surface area contributed by atoms with Crippen molar-refractivity contribution in [3.63, 3.8) is 0 Å². The van der Waals surface area contributed by atoms with Crippen molar-refractivity contribution in [2.45, 2.75) is 24.3 Å². The molecule has 3 nitrogen and oxygen atoms in total. The van der Waals surface area contributed by atoms with Gasteiger partial charge >= 0.3 is 5.97 Å². The van der Waals surface area contributed by atoms with E-state index in [1.54, 1.807) is 25.1 Å². The Morgan fingerprint density at radius 1 is 1.57 bits per heavy atom. The summed E-state index contributed by atoms with van der Waals surface area (Å²) in [5.41, 5.74) is 1.33. The third-order valence-electron chi connectivity index (χ3n) is 2.14. The van der Waals surface area contributed by atoms with Gasteiger partial charge in [-0.3, -0.25) is 4.79 Å². The molecule has 0 aliphatic rings. The van der Waals surface area contributed by atoms with Gasteiger partial charge in [0.1, 0.15) is 0 Å². The number of hydrogen-bond donors (Lipinski definition) is 3. The van der Waals surface area contributed by atoms with Crippen molar-refractivity contribution >= 4 is 18.6 Å². The molecule has 0 aliphatic heterocycles. The van der Waals surface area contributed by atoms with E-state index in [9.17, 15) is 4.79 Å². The Balaban J connectivity index is 3.06. The highest BCUT2D eigenvalue weighted by molar-refractivity contribution is 7.80. The third-order valence-corrected chi connectivity index (χ3v) is 2.58. The van der Waals surface area contributed by atoms with Gasteiger partial charge in [0, 0.05) is 4.90 Å². The fraction of sp³-hybridized carbons (Fsp3) is 0.300. The Morgan fingerprint density at radius 3 is 2.71 bits per heavy atom. The quantitative estimate of drug-likeness (QED) is 0.668. The molecule has 0 saturated carbocycles. The molecule has 76 valence electrons. The molecule has 0 radical (unpaired) electrons. The van der Waals surface area contributed by atoms with Crippen LogP contribution in [0.15, 0.2) is 23.1 Å². The minimum atomic E-state index is -0.874. The molecule has 0 saturated heterocycles. The van der Waals surface area contributed by atoms with E-state index in [1.807, 2.05) is 0 Å². The smallest absolute Gasteiger partial charge is 0.310 e. The van der Waals surface area contributed by atoms with Crippen LogP contribution in [0, 0.1) is 0 Å². The molecule has 0 aromatic heterocycles. The molecule has 0 bridgehead atoms. The van der Waals surface area contributed by atoms with Crippen LogP contribution in [0.2, 0.25) is 0 Å². The molecule has 1 rings (SSSR count). The average Bonchev–Trinajstić information content (AvgIpc) is 2.17. The molecule has 0 amide bonds. The van der Waals surface area contributed by atoms with Crippen molar-refractivity contribution in [3.05, 3.63) is 29.3 Å². The minimum absolute atomic E-state index is 0.126. The first-order valence-corrected chi connectivity index (χ1v) is 4.66. The normalized spacial score (nSPS) is 12.5. The lowest BCUT2D eigenvalue weighted by molar-refractivity contribution is -0.138. The lowest BCUT2D eigenvalue weighted by Crippen LogP contribution is -2.07. The van der Waals surface area contributed by atoms with E-state index in [4.69, 9.17) is 10.2 Å². The number of aliphatic hydroxyl groups is 1. The highest BCUT2D eigenvalue weighted by Crippen LogP contribution is 2.21. The summed E-state index contributed by atoms with van der Waals surface area (Å²) in [6.07, 6.45) is 0. The van der Waals surface area contributed by atoms with Crippen LogP contribution in [0.5, 0.6) is 0 Å². The zero-order chi connectivity index (χ0) is 10.7. The Morgan fingerprint density at radius 2 is 2.21 bits per heavy atom. The Labute approximate surface area is 87.8 Å². The summed E-state index contributed by atoms with van der Waals surface area (Å²) >= 11 is 4.14. The van der Waals surface area contributed by atoms with Gasteiger partial charge in [0.25, 0.3) is 0 Å². The Kier molecular flexibility index (Phi) is 3.55. The summed E-state index contributed by atoms with van der Waals surface area (Å²) in [6.45, 7) is 1.48. The van der Waals surface area contributed by atoms with Gasteiger partial charge in [-0.2, -0.15) is 0 Å². The maximum absolute atomic E-state index is 10.7. The maximum atomic E-state index is 10.7. The molecule has 14 heavy (non-hydrogen) atoms. The van der Waals surface area contributed by atoms with Crippen LogP contribution in [-0.2, 0) is 11.4 Å². The number of carboxylic acid groups (broad SMARTS) is 1. The van der Waals surface area contributed by atoms with Gasteiger partial charge in [0.15, 0.2) is 0 Å². The van der Waals surface area contributed by atoms with Gasteiger partial charge in [-0.25, -0.2) is 0 Å². The number of carbonyl (C=O) groups is 1. The van der Waals surface area contributed by atoms with E-state index in [0.717, 1.165) is 0 Å². The van der Waals surface area contributed by atoms with Crippen LogP contribution in [0.3, 0.4) is 0 Å². The highest BCUT2D eigenvalue weighted by Gasteiger charge is 2.14. The van der Waals surface area contributed by atoms with Gasteiger partial charge in [-0.1, -0.05) is 12.1 Å². The summed E-state index contributed by atoms with van der Waals surface area (Å²) in [5.74, 6) is -1.44. The van der Waals surface area contributed by atoms with Crippen LogP contribution in [0.1, 0.15) is 24.0 Å². The zero-order valence-electron chi connectivity index (χ0n) is 7.77. The number of benzene rings is 1. The van der Waals surface area contributed by atoms with E-state index in [2.05, 4.69) is 12.6 Å². The zero-order valence-corrected chi connectivity index (χ0v) is 8.66. The van der Waals surface area contributed by atoms with Gasteiger partial charge in [-0.05, 0) is 24.1 Å². The number of hydrogen-bond acceptors (Lipinski definition) is 3. The molecule has 2 N–H and O–H groups in total. The lowest BCUT2D eigenvalue weighted by atomic mass is 9.99. The second kappa shape index (κ2) is 4.48. The van der Waals surface area contributed by atoms with E-state index in [0.29, 0.717) is 16.0 Å². The Hall–Kier alpha value is -1.00. The molecule has 0 aliphatic carbocycles. The van der Waals surface area contributed by atoms with E-state index in [1.165, 1.54) is 0 Å². The van der Waals surface area contributed by atoms with Crippen molar-refractivity contribution < 1.29 is 15.0 Å². The number of aliphatic carboxylic acids is 1. The largest absolute Gasteiger partial charge is 0.481 e. The molecular formula is C10H12O3S. The van der Waals surface area contributed by atoms with Crippen LogP contribution < -0.4 is 0 Å². The van der Waals surface area contributed by atoms with Gasteiger partial charge < -0.3 is 10.2 Å².